The van der Waals surface area contributed by atoms with Gasteiger partial charge in [-0.25, -0.2) is 4.39 Å². The van der Waals surface area contributed by atoms with Gasteiger partial charge in [-0.15, -0.1) is 0 Å². The van der Waals surface area contributed by atoms with Crippen LogP contribution in [-0.4, -0.2) is 44.9 Å². The number of hydrogen-bond donors (Lipinski definition) is 1. The number of halogens is 1. The normalized spacial score (nSPS) is 15.4. The van der Waals surface area contributed by atoms with Crippen molar-refractivity contribution in [3.63, 3.8) is 0 Å². The Kier molecular flexibility index (Phi) is 8.38. The lowest BCUT2D eigenvalue weighted by Gasteiger charge is -2.35. The summed E-state index contributed by atoms with van der Waals surface area (Å²) >= 11 is 0. The summed E-state index contributed by atoms with van der Waals surface area (Å²) in [4.78, 5) is 31.3. The first kappa shape index (κ1) is 27.3. The lowest BCUT2D eigenvalue weighted by molar-refractivity contribution is -0.144. The van der Waals surface area contributed by atoms with Crippen LogP contribution in [0.1, 0.15) is 62.2 Å². The molecule has 0 radical (unpaired) electrons. The first-order valence-electron chi connectivity index (χ1n) is 13.7. The van der Waals surface area contributed by atoms with Crippen LogP contribution in [0, 0.1) is 5.82 Å². The van der Waals surface area contributed by atoms with Crippen molar-refractivity contribution in [1.29, 1.82) is 0 Å². The molecule has 40 heavy (non-hydrogen) atoms. The summed E-state index contributed by atoms with van der Waals surface area (Å²) < 4.78 is 19.5. The Labute approximate surface area is 233 Å². The van der Waals surface area contributed by atoms with Crippen LogP contribution in [0.15, 0.2) is 72.8 Å². The molecular formula is C31H34FN5O3. The monoisotopic (exact) mass is 543 g/mol. The van der Waals surface area contributed by atoms with E-state index in [1.54, 1.807) is 26.2 Å². The first-order chi connectivity index (χ1) is 19.4. The summed E-state index contributed by atoms with van der Waals surface area (Å²) in [6.07, 6.45) is 5.02. The zero-order valence-electron chi connectivity index (χ0n) is 22.8. The summed E-state index contributed by atoms with van der Waals surface area (Å²) in [5.74, 6) is -0.466. The van der Waals surface area contributed by atoms with E-state index in [-0.39, 0.29) is 24.4 Å². The number of aromatic nitrogens is 3. The molecule has 8 nitrogen and oxygen atoms in total. The van der Waals surface area contributed by atoms with Crippen LogP contribution in [0.25, 0.3) is 11.0 Å². The van der Waals surface area contributed by atoms with Crippen LogP contribution in [0.4, 0.5) is 4.39 Å². The summed E-state index contributed by atoms with van der Waals surface area (Å²) in [7, 11) is 1.57. The molecule has 208 valence electrons. The molecule has 0 bridgehead atoms. The Morgan fingerprint density at radius 1 is 0.975 bits per heavy atom. The van der Waals surface area contributed by atoms with Crippen LogP contribution in [0.2, 0.25) is 0 Å². The van der Waals surface area contributed by atoms with Gasteiger partial charge < -0.3 is 15.0 Å². The number of para-hydroxylation sites is 1. The lowest BCUT2D eigenvalue weighted by atomic mass is 9.94. The third-order valence-corrected chi connectivity index (χ3v) is 7.52. The van der Waals surface area contributed by atoms with E-state index in [2.05, 4.69) is 15.5 Å². The van der Waals surface area contributed by atoms with Crippen LogP contribution in [-0.2, 0) is 16.1 Å². The number of amides is 2. The molecule has 5 rings (SSSR count). The minimum Gasteiger partial charge on any atom is -0.496 e. The number of rotatable bonds is 9. The van der Waals surface area contributed by atoms with Gasteiger partial charge in [0.1, 0.15) is 34.7 Å². The molecule has 1 heterocycles. The average Bonchev–Trinajstić information content (AvgIpc) is 3.42. The predicted molar refractivity (Wildman–Crippen MR) is 150 cm³/mol. The molecule has 0 spiro atoms. The highest BCUT2D eigenvalue weighted by atomic mass is 19.1. The molecule has 1 aromatic heterocycles. The van der Waals surface area contributed by atoms with Crippen molar-refractivity contribution >= 4 is 22.8 Å². The van der Waals surface area contributed by atoms with E-state index in [0.717, 1.165) is 37.7 Å². The first-order valence-corrected chi connectivity index (χ1v) is 13.7. The Morgan fingerprint density at radius 2 is 1.60 bits per heavy atom. The molecule has 0 unspecified atom stereocenters. The van der Waals surface area contributed by atoms with Crippen LogP contribution >= 0.6 is 0 Å². The quantitative estimate of drug-likeness (QED) is 0.307. The fraction of sp³-hybridized carbons (Fsp3) is 0.355. The molecular weight excluding hydrogens is 509 g/mol. The number of fused-ring (bicyclic) bond motifs is 1. The zero-order valence-corrected chi connectivity index (χ0v) is 22.8. The van der Waals surface area contributed by atoms with Crippen LogP contribution < -0.4 is 10.1 Å². The van der Waals surface area contributed by atoms with Crippen molar-refractivity contribution in [3.05, 3.63) is 89.7 Å². The summed E-state index contributed by atoms with van der Waals surface area (Å²) in [6, 6.07) is 18.8. The standard InChI is InChI=1S/C31H34FN5O3/c1-21(37-34-26-13-7-8-14-27(26)35-37)31(39)36(20-23-10-6-9-15-28(23)40-2)29(22-16-18-24(32)19-17-22)30(38)33-25-11-4-3-5-12-25/h6-10,13-19,21,25,29H,3-5,11-12,20H2,1-2H3,(H,33,38)/t21-,29-/m1/s1. The molecule has 1 aliphatic carbocycles. The second-order valence-corrected chi connectivity index (χ2v) is 10.3. The van der Waals surface area contributed by atoms with Gasteiger partial charge in [0.25, 0.3) is 0 Å². The maximum absolute atomic E-state index is 14.3. The van der Waals surface area contributed by atoms with Gasteiger partial charge in [-0.05, 0) is 55.7 Å². The highest BCUT2D eigenvalue weighted by Crippen LogP contribution is 2.30. The number of ether oxygens (including phenoxy) is 1. The van der Waals surface area contributed by atoms with Crippen molar-refractivity contribution < 1.29 is 18.7 Å². The van der Waals surface area contributed by atoms with Crippen molar-refractivity contribution in [2.45, 2.75) is 63.7 Å². The molecule has 2 atom stereocenters. The maximum Gasteiger partial charge on any atom is 0.250 e. The predicted octanol–water partition coefficient (Wildman–Crippen LogP) is 5.36. The van der Waals surface area contributed by atoms with E-state index < -0.39 is 17.9 Å². The van der Waals surface area contributed by atoms with E-state index >= 15 is 0 Å². The minimum atomic E-state index is -1.01. The maximum atomic E-state index is 14.3. The Bertz CT molecular complexity index is 1430. The average molecular weight is 544 g/mol. The molecule has 3 aromatic carbocycles. The molecule has 1 saturated carbocycles. The fourth-order valence-corrected chi connectivity index (χ4v) is 5.35. The van der Waals surface area contributed by atoms with Gasteiger partial charge in [-0.3, -0.25) is 9.59 Å². The highest BCUT2D eigenvalue weighted by Gasteiger charge is 2.36. The van der Waals surface area contributed by atoms with Crippen LogP contribution in [0.3, 0.4) is 0 Å². The minimum absolute atomic E-state index is 0.0305. The van der Waals surface area contributed by atoms with Gasteiger partial charge in [0.05, 0.1) is 13.7 Å². The summed E-state index contributed by atoms with van der Waals surface area (Å²) in [5, 5.41) is 12.2. The number of carbonyl (C=O) groups excluding carboxylic acids is 2. The number of benzene rings is 3. The van der Waals surface area contributed by atoms with Crippen LogP contribution in [0.5, 0.6) is 5.75 Å². The molecule has 4 aromatic rings. The molecule has 0 saturated heterocycles. The summed E-state index contributed by atoms with van der Waals surface area (Å²) in [5.41, 5.74) is 2.59. The van der Waals surface area contributed by atoms with Crippen molar-refractivity contribution in [1.82, 2.24) is 25.2 Å². The number of nitrogens with one attached hydrogen (secondary N) is 1. The molecule has 2 amide bonds. The van der Waals surface area contributed by atoms with Gasteiger partial charge in [0.15, 0.2) is 0 Å². The number of methoxy groups -OCH3 is 1. The second-order valence-electron chi connectivity index (χ2n) is 10.3. The third-order valence-electron chi connectivity index (χ3n) is 7.52. The second kappa shape index (κ2) is 12.3. The number of nitrogens with zero attached hydrogens (tertiary/aromatic N) is 4. The molecule has 1 aliphatic rings. The van der Waals surface area contributed by atoms with E-state index in [9.17, 15) is 14.0 Å². The lowest BCUT2D eigenvalue weighted by Crippen LogP contribution is -2.48. The highest BCUT2D eigenvalue weighted by molar-refractivity contribution is 5.90. The van der Waals surface area contributed by atoms with E-state index in [0.29, 0.717) is 22.3 Å². The van der Waals surface area contributed by atoms with E-state index in [1.165, 1.54) is 21.8 Å². The Hall–Kier alpha value is -4.27. The zero-order chi connectivity index (χ0) is 28.1. The van der Waals surface area contributed by atoms with Gasteiger partial charge in [0, 0.05) is 11.6 Å². The smallest absolute Gasteiger partial charge is 0.250 e. The van der Waals surface area contributed by atoms with Gasteiger partial charge in [-0.1, -0.05) is 61.7 Å². The summed E-state index contributed by atoms with van der Waals surface area (Å²) in [6.45, 7) is 1.81. The van der Waals surface area contributed by atoms with Crippen molar-refractivity contribution in [2.24, 2.45) is 0 Å². The van der Waals surface area contributed by atoms with E-state index in [4.69, 9.17) is 4.74 Å². The fourth-order valence-electron chi connectivity index (χ4n) is 5.35. The van der Waals surface area contributed by atoms with Crippen molar-refractivity contribution in [2.75, 3.05) is 7.11 Å². The topological polar surface area (TPSA) is 89.3 Å². The molecule has 1 fully saturated rings. The Morgan fingerprint density at radius 3 is 2.25 bits per heavy atom. The van der Waals surface area contributed by atoms with Gasteiger partial charge in [-0.2, -0.15) is 15.0 Å². The molecule has 9 heteroatoms. The molecule has 1 N–H and O–H groups in total. The Balaban J connectivity index is 1.56. The SMILES string of the molecule is COc1ccccc1CN(C(=O)[C@@H](C)n1nc2ccccc2n1)[C@@H](C(=O)NC1CCCCC1)c1ccc(F)cc1. The van der Waals surface area contributed by atoms with Gasteiger partial charge in [0.2, 0.25) is 11.8 Å². The third kappa shape index (κ3) is 5.98. The largest absolute Gasteiger partial charge is 0.496 e. The van der Waals surface area contributed by atoms with Crippen molar-refractivity contribution in [3.8, 4) is 5.75 Å². The molecule has 0 aliphatic heterocycles. The number of hydrogen-bond acceptors (Lipinski definition) is 5. The number of carbonyl (C=O) groups is 2. The van der Waals surface area contributed by atoms with E-state index in [1.807, 2.05) is 48.5 Å². The van der Waals surface area contributed by atoms with Gasteiger partial charge >= 0.3 is 0 Å².